The van der Waals surface area contributed by atoms with Crippen molar-refractivity contribution in [2.75, 3.05) is 31.2 Å². The Morgan fingerprint density at radius 3 is 2.73 bits per heavy atom. The number of rotatable bonds is 5. The van der Waals surface area contributed by atoms with E-state index in [2.05, 4.69) is 37.1 Å². The number of hydrogen-bond acceptors (Lipinski definition) is 7. The zero-order valence-corrected chi connectivity index (χ0v) is 15.4. The van der Waals surface area contributed by atoms with Crippen LogP contribution in [0.25, 0.3) is 5.95 Å². The molecule has 1 saturated heterocycles. The van der Waals surface area contributed by atoms with Gasteiger partial charge in [-0.1, -0.05) is 42.1 Å². The largest absolute Gasteiger partial charge is 0.378 e. The molecule has 3 aromatic rings. The fraction of sp³-hybridized carbons (Fsp3) is 0.333. The van der Waals surface area contributed by atoms with Crippen molar-refractivity contribution >= 4 is 17.6 Å². The minimum Gasteiger partial charge on any atom is -0.378 e. The van der Waals surface area contributed by atoms with E-state index in [4.69, 9.17) is 4.74 Å². The molecule has 7 nitrogen and oxygen atoms in total. The average Bonchev–Trinajstić information content (AvgIpc) is 3.17. The molecule has 3 heterocycles. The molecule has 0 amide bonds. The maximum atomic E-state index is 5.42. The molecule has 0 spiro atoms. The van der Waals surface area contributed by atoms with Crippen molar-refractivity contribution in [3.8, 4) is 5.95 Å². The van der Waals surface area contributed by atoms with Crippen molar-refractivity contribution < 1.29 is 4.74 Å². The van der Waals surface area contributed by atoms with Gasteiger partial charge in [0.25, 0.3) is 5.95 Å². The van der Waals surface area contributed by atoms with Gasteiger partial charge in [0.1, 0.15) is 12.1 Å². The summed E-state index contributed by atoms with van der Waals surface area (Å²) in [6, 6.07) is 12.3. The molecule has 1 aliphatic heterocycles. The molecule has 0 atom stereocenters. The summed E-state index contributed by atoms with van der Waals surface area (Å²) < 4.78 is 7.06. The van der Waals surface area contributed by atoms with Crippen LogP contribution >= 0.6 is 11.8 Å². The molecule has 8 heteroatoms. The van der Waals surface area contributed by atoms with Gasteiger partial charge in [0.05, 0.1) is 13.2 Å². The number of benzene rings is 1. The van der Waals surface area contributed by atoms with E-state index in [-0.39, 0.29) is 0 Å². The zero-order chi connectivity index (χ0) is 17.8. The molecule has 4 rings (SSSR count). The van der Waals surface area contributed by atoms with Crippen LogP contribution in [0, 0.1) is 6.92 Å². The topological polar surface area (TPSA) is 69.0 Å². The maximum Gasteiger partial charge on any atom is 0.254 e. The Kier molecular flexibility index (Phi) is 5.12. The third-order valence-corrected chi connectivity index (χ3v) is 4.97. The lowest BCUT2D eigenvalue weighted by Crippen LogP contribution is -2.37. The second-order valence-electron chi connectivity index (χ2n) is 6.01. The van der Waals surface area contributed by atoms with Gasteiger partial charge in [0.2, 0.25) is 5.16 Å². The molecule has 0 saturated carbocycles. The first-order valence-electron chi connectivity index (χ1n) is 8.55. The van der Waals surface area contributed by atoms with E-state index in [0.717, 1.165) is 43.6 Å². The van der Waals surface area contributed by atoms with Crippen LogP contribution in [0.5, 0.6) is 0 Å². The van der Waals surface area contributed by atoms with Crippen molar-refractivity contribution in [2.24, 2.45) is 0 Å². The summed E-state index contributed by atoms with van der Waals surface area (Å²) in [6.07, 6.45) is 1.67. The van der Waals surface area contributed by atoms with Crippen molar-refractivity contribution in [3.63, 3.8) is 0 Å². The quantitative estimate of drug-likeness (QED) is 0.641. The maximum absolute atomic E-state index is 5.42. The highest BCUT2D eigenvalue weighted by Gasteiger charge is 2.15. The van der Waals surface area contributed by atoms with Crippen LogP contribution in [0.3, 0.4) is 0 Å². The van der Waals surface area contributed by atoms with E-state index >= 15 is 0 Å². The smallest absolute Gasteiger partial charge is 0.254 e. The van der Waals surface area contributed by atoms with E-state index < -0.39 is 0 Å². The molecule has 0 bridgehead atoms. The van der Waals surface area contributed by atoms with Crippen molar-refractivity contribution in [2.45, 2.75) is 17.8 Å². The molecule has 0 unspecified atom stereocenters. The van der Waals surface area contributed by atoms with Gasteiger partial charge in [-0.25, -0.2) is 9.97 Å². The first-order valence-corrected chi connectivity index (χ1v) is 9.54. The highest BCUT2D eigenvalue weighted by atomic mass is 32.2. The van der Waals surface area contributed by atoms with Gasteiger partial charge in [-0.3, -0.25) is 0 Å². The summed E-state index contributed by atoms with van der Waals surface area (Å²) in [5, 5.41) is 5.24. The van der Waals surface area contributed by atoms with E-state index in [0.29, 0.717) is 11.1 Å². The number of morpholine rings is 1. The zero-order valence-electron chi connectivity index (χ0n) is 14.6. The molecule has 26 heavy (non-hydrogen) atoms. The monoisotopic (exact) mass is 368 g/mol. The normalized spacial score (nSPS) is 14.6. The molecule has 1 aromatic carbocycles. The van der Waals surface area contributed by atoms with E-state index in [1.807, 2.05) is 31.2 Å². The van der Waals surface area contributed by atoms with Crippen molar-refractivity contribution in [3.05, 3.63) is 54.0 Å². The van der Waals surface area contributed by atoms with Crippen LogP contribution in [-0.4, -0.2) is 51.0 Å². The number of anilines is 1. The van der Waals surface area contributed by atoms with Gasteiger partial charge in [0, 0.05) is 30.6 Å². The molecule has 0 N–H and O–H groups in total. The van der Waals surface area contributed by atoms with Crippen molar-refractivity contribution in [1.82, 2.24) is 24.7 Å². The second-order valence-corrected chi connectivity index (χ2v) is 6.96. The van der Waals surface area contributed by atoms with Crippen molar-refractivity contribution in [1.29, 1.82) is 0 Å². The Balaban J connectivity index is 1.50. The molecule has 0 radical (unpaired) electrons. The second kappa shape index (κ2) is 7.84. The average molecular weight is 368 g/mol. The first-order chi connectivity index (χ1) is 12.8. The number of ether oxygens (including phenoxy) is 1. The minimum atomic E-state index is 0.547. The fourth-order valence-corrected chi connectivity index (χ4v) is 3.48. The lowest BCUT2D eigenvalue weighted by molar-refractivity contribution is 0.122. The van der Waals surface area contributed by atoms with E-state index in [1.54, 1.807) is 22.8 Å². The van der Waals surface area contributed by atoms with Crippen LogP contribution in [0.2, 0.25) is 0 Å². The van der Waals surface area contributed by atoms with E-state index in [1.165, 1.54) is 5.56 Å². The number of nitrogens with zero attached hydrogens (tertiary/aromatic N) is 6. The minimum absolute atomic E-state index is 0.547. The Hall–Kier alpha value is -2.45. The summed E-state index contributed by atoms with van der Waals surface area (Å²) in [5.74, 6) is 2.29. The number of aromatic nitrogens is 5. The predicted octanol–water partition coefficient (Wildman–Crippen LogP) is 2.49. The van der Waals surface area contributed by atoms with Gasteiger partial charge in [0.15, 0.2) is 0 Å². The molecule has 0 aliphatic carbocycles. The van der Waals surface area contributed by atoms with Gasteiger partial charge in [-0.05, 0) is 12.5 Å². The summed E-state index contributed by atoms with van der Waals surface area (Å²) in [4.78, 5) is 15.8. The molecule has 2 aromatic heterocycles. The lowest BCUT2D eigenvalue weighted by atomic mass is 10.2. The summed E-state index contributed by atoms with van der Waals surface area (Å²) in [6.45, 7) is 5.10. The first kappa shape index (κ1) is 17.0. The standard InChI is InChI=1S/C18H20N6OS/c1-14-11-16(23-7-9-25-10-8-23)21-17(20-14)24-13-19-18(22-24)26-12-15-5-3-2-4-6-15/h2-6,11,13H,7-10,12H2,1H3. The van der Waals surface area contributed by atoms with Crippen LogP contribution in [0.15, 0.2) is 47.9 Å². The van der Waals surface area contributed by atoms with Crippen LogP contribution in [0.4, 0.5) is 5.82 Å². The Morgan fingerprint density at radius 1 is 1.12 bits per heavy atom. The van der Waals surface area contributed by atoms with Gasteiger partial charge in [-0.15, -0.1) is 5.10 Å². The SMILES string of the molecule is Cc1cc(N2CCOCC2)nc(-n2cnc(SCc3ccccc3)n2)n1. The Labute approximate surface area is 156 Å². The molecule has 1 aliphatic rings. The highest BCUT2D eigenvalue weighted by Crippen LogP contribution is 2.20. The Morgan fingerprint density at radius 2 is 1.92 bits per heavy atom. The van der Waals surface area contributed by atoms with Gasteiger partial charge >= 0.3 is 0 Å². The molecule has 134 valence electrons. The summed E-state index contributed by atoms with van der Waals surface area (Å²) >= 11 is 1.60. The van der Waals surface area contributed by atoms with Gasteiger partial charge < -0.3 is 9.64 Å². The third kappa shape index (κ3) is 4.03. The predicted molar refractivity (Wildman–Crippen MR) is 101 cm³/mol. The molecule has 1 fully saturated rings. The van der Waals surface area contributed by atoms with E-state index in [9.17, 15) is 0 Å². The lowest BCUT2D eigenvalue weighted by Gasteiger charge is -2.28. The number of aryl methyl sites for hydroxylation is 1. The van der Waals surface area contributed by atoms with Crippen LogP contribution in [-0.2, 0) is 10.5 Å². The molecular weight excluding hydrogens is 348 g/mol. The molecular formula is C18H20N6OS. The number of hydrogen-bond donors (Lipinski definition) is 0. The van der Waals surface area contributed by atoms with Gasteiger partial charge in [-0.2, -0.15) is 9.67 Å². The summed E-state index contributed by atoms with van der Waals surface area (Å²) in [5.41, 5.74) is 2.15. The highest BCUT2D eigenvalue weighted by molar-refractivity contribution is 7.98. The summed E-state index contributed by atoms with van der Waals surface area (Å²) in [7, 11) is 0. The Bertz CT molecular complexity index is 863. The third-order valence-electron chi connectivity index (χ3n) is 4.05. The fourth-order valence-electron chi connectivity index (χ4n) is 2.73. The van der Waals surface area contributed by atoms with Crippen LogP contribution in [0.1, 0.15) is 11.3 Å². The van der Waals surface area contributed by atoms with Crippen LogP contribution < -0.4 is 4.90 Å². The number of thioether (sulfide) groups is 1.